The van der Waals surface area contributed by atoms with Gasteiger partial charge in [-0.05, 0) is 32.7 Å². The first-order chi connectivity index (χ1) is 13.9. The van der Waals surface area contributed by atoms with Crippen molar-refractivity contribution in [3.63, 3.8) is 0 Å². The van der Waals surface area contributed by atoms with Crippen molar-refractivity contribution in [1.82, 2.24) is 4.90 Å². The monoisotopic (exact) mass is 401 g/mol. The Bertz CT molecular complexity index is 894. The highest BCUT2D eigenvalue weighted by Crippen LogP contribution is 2.73. The van der Waals surface area contributed by atoms with Crippen LogP contribution in [0.3, 0.4) is 0 Å². The zero-order valence-corrected chi connectivity index (χ0v) is 17.0. The first-order valence-corrected chi connectivity index (χ1v) is 10.6. The summed E-state index contributed by atoms with van der Waals surface area (Å²) in [6.45, 7) is 8.62. The highest BCUT2D eigenvalue weighted by molar-refractivity contribution is 5.93. The standard InChI is InChI=1S/C22H27NO6/c1-5-6-14(24)21-13-7-8-23(21)12-9-15(21)28-22(13)16(12)10(2)18(29-22)19-17(26-4)11(3)20(25)27-19/h5,10,12-16,24H,1,6-9H2,2-4H3/b19-18-/t10-,12?,13?,14+,15?,16+,21?,22?/m0/s1. The molecule has 5 bridgehead atoms. The average Bonchev–Trinajstić information content (AvgIpc) is 3.40. The summed E-state index contributed by atoms with van der Waals surface area (Å²) < 4.78 is 24.4. The highest BCUT2D eigenvalue weighted by Gasteiger charge is 2.85. The second-order valence-electron chi connectivity index (χ2n) is 9.25. The molecule has 6 aliphatic rings. The molecule has 0 aliphatic carbocycles. The van der Waals surface area contributed by atoms with Crippen LogP contribution in [0.25, 0.3) is 0 Å². The van der Waals surface area contributed by atoms with E-state index in [1.807, 2.05) is 0 Å². The van der Waals surface area contributed by atoms with Crippen LogP contribution >= 0.6 is 0 Å². The molecule has 0 aromatic heterocycles. The largest absolute Gasteiger partial charge is 0.492 e. The Hall–Kier alpha value is -1.83. The number of rotatable bonds is 4. The number of fused-ring (bicyclic) bond motifs is 1. The summed E-state index contributed by atoms with van der Waals surface area (Å²) in [6, 6.07) is 0.285. The number of allylic oxidation sites excluding steroid dienone is 1. The average molecular weight is 401 g/mol. The van der Waals surface area contributed by atoms with E-state index in [0.29, 0.717) is 29.3 Å². The van der Waals surface area contributed by atoms with Gasteiger partial charge in [0.05, 0.1) is 36.3 Å². The van der Waals surface area contributed by atoms with Crippen LogP contribution in [0.5, 0.6) is 0 Å². The molecule has 5 saturated heterocycles. The number of carbonyl (C=O) groups excluding carboxylic acids is 1. The number of carbonyl (C=O) groups is 1. The maximum absolute atomic E-state index is 12.2. The van der Waals surface area contributed by atoms with Crippen LogP contribution in [-0.2, 0) is 23.7 Å². The summed E-state index contributed by atoms with van der Waals surface area (Å²) >= 11 is 0. The van der Waals surface area contributed by atoms with Gasteiger partial charge >= 0.3 is 5.97 Å². The Morgan fingerprint density at radius 1 is 1.48 bits per heavy atom. The molecule has 9 atom stereocenters. The van der Waals surface area contributed by atoms with Crippen LogP contribution in [0.4, 0.5) is 0 Å². The van der Waals surface area contributed by atoms with Gasteiger partial charge in [0, 0.05) is 17.9 Å². The molecule has 0 saturated carbocycles. The minimum Gasteiger partial charge on any atom is -0.492 e. The van der Waals surface area contributed by atoms with Gasteiger partial charge in [0.1, 0.15) is 5.76 Å². The molecule has 1 spiro atoms. The van der Waals surface area contributed by atoms with Gasteiger partial charge in [-0.3, -0.25) is 4.90 Å². The number of piperidine rings is 1. The van der Waals surface area contributed by atoms with Crippen LogP contribution in [0.1, 0.15) is 33.1 Å². The lowest BCUT2D eigenvalue weighted by Crippen LogP contribution is -2.65. The molecule has 0 radical (unpaired) electrons. The molecular weight excluding hydrogens is 374 g/mol. The lowest BCUT2D eigenvalue weighted by Gasteiger charge is -2.49. The van der Waals surface area contributed by atoms with E-state index in [-0.39, 0.29) is 29.9 Å². The normalized spacial score (nSPS) is 52.1. The van der Waals surface area contributed by atoms with E-state index < -0.39 is 23.4 Å². The molecule has 156 valence electrons. The first kappa shape index (κ1) is 18.0. The summed E-state index contributed by atoms with van der Waals surface area (Å²) in [7, 11) is 1.54. The predicted octanol–water partition coefficient (Wildman–Crippen LogP) is 1.84. The van der Waals surface area contributed by atoms with E-state index in [1.165, 1.54) is 0 Å². The topological polar surface area (TPSA) is 77.5 Å². The van der Waals surface area contributed by atoms with Crippen LogP contribution in [0.2, 0.25) is 0 Å². The number of methoxy groups -OCH3 is 1. The van der Waals surface area contributed by atoms with Gasteiger partial charge in [-0.25, -0.2) is 4.79 Å². The summed E-state index contributed by atoms with van der Waals surface area (Å²) in [5.41, 5.74) is 0.0491. The molecule has 6 aliphatic heterocycles. The third kappa shape index (κ3) is 1.72. The van der Waals surface area contributed by atoms with E-state index in [1.54, 1.807) is 20.1 Å². The lowest BCUT2D eigenvalue weighted by molar-refractivity contribution is -0.256. The number of cyclic esters (lactones) is 1. The molecule has 29 heavy (non-hydrogen) atoms. The number of hydrogen-bond donors (Lipinski definition) is 1. The van der Waals surface area contributed by atoms with E-state index >= 15 is 0 Å². The smallest absolute Gasteiger partial charge is 0.343 e. The molecule has 5 fully saturated rings. The van der Waals surface area contributed by atoms with E-state index in [9.17, 15) is 9.90 Å². The predicted molar refractivity (Wildman–Crippen MR) is 101 cm³/mol. The van der Waals surface area contributed by atoms with Crippen LogP contribution < -0.4 is 0 Å². The van der Waals surface area contributed by atoms with Crippen LogP contribution in [0, 0.1) is 17.8 Å². The lowest BCUT2D eigenvalue weighted by atomic mass is 9.68. The zero-order valence-electron chi connectivity index (χ0n) is 17.0. The van der Waals surface area contributed by atoms with E-state index in [0.717, 1.165) is 19.4 Å². The summed E-state index contributed by atoms with van der Waals surface area (Å²) in [5, 5.41) is 11.2. The number of aliphatic hydroxyl groups excluding tert-OH is 1. The van der Waals surface area contributed by atoms with Gasteiger partial charge in [-0.1, -0.05) is 13.0 Å². The third-order valence-electron chi connectivity index (χ3n) is 8.40. The number of hydrogen-bond acceptors (Lipinski definition) is 7. The highest BCUT2D eigenvalue weighted by atomic mass is 16.7. The van der Waals surface area contributed by atoms with Crippen molar-refractivity contribution in [2.45, 2.75) is 62.7 Å². The fraction of sp³-hybridized carbons (Fsp3) is 0.682. The summed E-state index contributed by atoms with van der Waals surface area (Å²) in [5.74, 6) is 0.547. The fourth-order valence-electron chi connectivity index (χ4n) is 7.58. The van der Waals surface area contributed by atoms with Crippen molar-refractivity contribution in [2.24, 2.45) is 17.8 Å². The summed E-state index contributed by atoms with van der Waals surface area (Å²) in [6.07, 6.45) is 3.58. The van der Waals surface area contributed by atoms with Crippen LogP contribution in [0.15, 0.2) is 35.5 Å². The third-order valence-corrected chi connectivity index (χ3v) is 8.40. The Morgan fingerprint density at radius 3 is 3.00 bits per heavy atom. The van der Waals surface area contributed by atoms with Crippen molar-refractivity contribution in [2.75, 3.05) is 13.7 Å². The van der Waals surface area contributed by atoms with E-state index in [2.05, 4.69) is 18.4 Å². The van der Waals surface area contributed by atoms with Crippen molar-refractivity contribution in [1.29, 1.82) is 0 Å². The molecule has 0 aromatic carbocycles. The van der Waals surface area contributed by atoms with Gasteiger partial charge in [0.25, 0.3) is 0 Å². The number of ether oxygens (including phenoxy) is 4. The molecule has 7 nitrogen and oxygen atoms in total. The van der Waals surface area contributed by atoms with Crippen molar-refractivity contribution < 1.29 is 28.8 Å². The molecular formula is C22H27NO6. The fourth-order valence-corrected chi connectivity index (χ4v) is 7.58. The van der Waals surface area contributed by atoms with Gasteiger partial charge in [-0.2, -0.15) is 0 Å². The minimum absolute atomic E-state index is 0.0237. The van der Waals surface area contributed by atoms with Crippen LogP contribution in [-0.4, -0.2) is 59.2 Å². The Balaban J connectivity index is 1.48. The second-order valence-corrected chi connectivity index (χ2v) is 9.25. The molecule has 6 unspecified atom stereocenters. The molecule has 6 heterocycles. The van der Waals surface area contributed by atoms with Gasteiger partial charge in [0.2, 0.25) is 11.5 Å². The maximum Gasteiger partial charge on any atom is 0.343 e. The number of aliphatic hydroxyl groups is 1. The minimum atomic E-state index is -0.772. The van der Waals surface area contributed by atoms with Gasteiger partial charge in [-0.15, -0.1) is 6.58 Å². The van der Waals surface area contributed by atoms with E-state index in [4.69, 9.17) is 18.9 Å². The molecule has 0 amide bonds. The van der Waals surface area contributed by atoms with Crippen molar-refractivity contribution >= 4 is 5.97 Å². The molecule has 7 heteroatoms. The quantitative estimate of drug-likeness (QED) is 0.569. The SMILES string of the molecule is C=CC[C@@H](O)C12C3CC4[C@H]5[C@H](C)/C(=C6/OC(=O)C(C)=C6OC)OC5(O3)C1CCN42. The van der Waals surface area contributed by atoms with Gasteiger partial charge < -0.3 is 24.1 Å². The maximum atomic E-state index is 12.2. The van der Waals surface area contributed by atoms with Crippen molar-refractivity contribution in [3.05, 3.63) is 35.5 Å². The molecule has 1 N–H and O–H groups in total. The number of esters is 1. The van der Waals surface area contributed by atoms with Gasteiger partial charge in [0.15, 0.2) is 5.76 Å². The zero-order chi connectivity index (χ0) is 20.3. The van der Waals surface area contributed by atoms with Crippen molar-refractivity contribution in [3.8, 4) is 0 Å². The summed E-state index contributed by atoms with van der Waals surface area (Å²) in [4.78, 5) is 14.7. The Labute approximate surface area is 169 Å². The molecule has 6 rings (SSSR count). The Morgan fingerprint density at radius 2 is 2.28 bits per heavy atom. The molecule has 0 aromatic rings. The Kier molecular flexibility index (Phi) is 3.38. The first-order valence-electron chi connectivity index (χ1n) is 10.6. The number of nitrogens with zero attached hydrogens (tertiary/aromatic N) is 1. The second kappa shape index (κ2) is 5.45.